The summed E-state index contributed by atoms with van der Waals surface area (Å²) in [5, 5.41) is 3.56. The zero-order chi connectivity index (χ0) is 24.0. The van der Waals surface area contributed by atoms with Crippen LogP contribution in [0, 0.1) is 17.7 Å². The zero-order valence-corrected chi connectivity index (χ0v) is 19.8. The molecule has 0 bridgehead atoms. The van der Waals surface area contributed by atoms with Crippen LogP contribution in [0.3, 0.4) is 0 Å². The first-order chi connectivity index (χ1) is 17.0. The van der Waals surface area contributed by atoms with Crippen LogP contribution >= 0.6 is 0 Å². The van der Waals surface area contributed by atoms with E-state index in [1.165, 1.54) is 25.3 Å². The van der Waals surface area contributed by atoms with Crippen molar-refractivity contribution in [2.45, 2.75) is 82.3 Å². The van der Waals surface area contributed by atoms with Crippen molar-refractivity contribution < 1.29 is 18.6 Å². The third-order valence-corrected chi connectivity index (χ3v) is 6.83. The van der Waals surface area contributed by atoms with Crippen molar-refractivity contribution in [2.24, 2.45) is 0 Å². The topological polar surface area (TPSA) is 83.3 Å². The van der Waals surface area contributed by atoms with E-state index in [-0.39, 0.29) is 5.82 Å². The van der Waals surface area contributed by atoms with E-state index in [1.54, 1.807) is 30.9 Å². The molecule has 1 aliphatic carbocycles. The van der Waals surface area contributed by atoms with Crippen molar-refractivity contribution in [3.63, 3.8) is 0 Å². The molecular formula is C26H28FN5O3. The summed E-state index contributed by atoms with van der Waals surface area (Å²) in [5.41, 5.74) is 1.66. The van der Waals surface area contributed by atoms with Gasteiger partial charge in [0.05, 0.1) is 11.9 Å². The molecule has 1 saturated carbocycles. The van der Waals surface area contributed by atoms with Gasteiger partial charge in [-0.3, -0.25) is 4.57 Å². The lowest BCUT2D eigenvalue weighted by molar-refractivity contribution is -0.190. The number of anilines is 1. The van der Waals surface area contributed by atoms with E-state index in [1.807, 2.05) is 18.4 Å². The highest BCUT2D eigenvalue weighted by molar-refractivity contribution is 5.82. The third kappa shape index (κ3) is 4.27. The van der Waals surface area contributed by atoms with Gasteiger partial charge in [0.15, 0.2) is 29.0 Å². The average molecular weight is 478 g/mol. The number of hydrogen-bond acceptors (Lipinski definition) is 7. The van der Waals surface area contributed by atoms with Crippen molar-refractivity contribution in [1.29, 1.82) is 0 Å². The normalized spacial score (nSPS) is 28.0. The summed E-state index contributed by atoms with van der Waals surface area (Å²) in [7, 11) is 0. The molecule has 9 heteroatoms. The van der Waals surface area contributed by atoms with Crippen LogP contribution in [0.5, 0.6) is 0 Å². The molecule has 3 aliphatic rings. The monoisotopic (exact) mass is 477 g/mol. The number of ether oxygens (including phenoxy) is 3. The van der Waals surface area contributed by atoms with Crippen LogP contribution in [0.4, 0.5) is 10.2 Å². The number of imidazole rings is 1. The molecule has 0 unspecified atom stereocenters. The second kappa shape index (κ2) is 8.86. The smallest absolute Gasteiger partial charge is 0.167 e. The van der Waals surface area contributed by atoms with Crippen LogP contribution in [0.2, 0.25) is 0 Å². The number of nitrogens with one attached hydrogen (secondary N) is 1. The summed E-state index contributed by atoms with van der Waals surface area (Å²) in [6, 6.07) is 6.81. The molecule has 3 aromatic rings. The van der Waals surface area contributed by atoms with Crippen LogP contribution in [0.15, 0.2) is 36.9 Å². The zero-order valence-electron chi connectivity index (χ0n) is 19.8. The van der Waals surface area contributed by atoms with Gasteiger partial charge < -0.3 is 19.5 Å². The second-order valence-corrected chi connectivity index (χ2v) is 9.79. The first kappa shape index (κ1) is 22.4. The quantitative estimate of drug-likeness (QED) is 0.567. The van der Waals surface area contributed by atoms with Gasteiger partial charge >= 0.3 is 0 Å². The highest BCUT2D eigenvalue weighted by Crippen LogP contribution is 2.43. The Kier molecular flexibility index (Phi) is 5.67. The van der Waals surface area contributed by atoms with Crippen molar-refractivity contribution >= 4 is 17.0 Å². The number of benzene rings is 1. The van der Waals surface area contributed by atoms with E-state index in [0.29, 0.717) is 22.8 Å². The summed E-state index contributed by atoms with van der Waals surface area (Å²) in [4.78, 5) is 13.6. The number of aromatic nitrogens is 4. The van der Waals surface area contributed by atoms with Gasteiger partial charge in [0.1, 0.15) is 30.5 Å². The molecular weight excluding hydrogens is 449 g/mol. The fraction of sp³-hybridized carbons (Fsp3) is 0.500. The van der Waals surface area contributed by atoms with Gasteiger partial charge in [-0.25, -0.2) is 19.3 Å². The molecule has 8 nitrogen and oxygen atoms in total. The van der Waals surface area contributed by atoms with Crippen molar-refractivity contribution in [3.8, 4) is 11.8 Å². The van der Waals surface area contributed by atoms with Gasteiger partial charge in [0.25, 0.3) is 0 Å². The van der Waals surface area contributed by atoms with Gasteiger partial charge in [0.2, 0.25) is 0 Å². The summed E-state index contributed by atoms with van der Waals surface area (Å²) in [5.74, 6) is 5.53. The van der Waals surface area contributed by atoms with Crippen LogP contribution in [0.1, 0.15) is 57.7 Å². The fourth-order valence-electron chi connectivity index (χ4n) is 5.21. The predicted molar refractivity (Wildman–Crippen MR) is 127 cm³/mol. The Bertz CT molecular complexity index is 1290. The van der Waals surface area contributed by atoms with E-state index in [9.17, 15) is 4.39 Å². The molecule has 2 saturated heterocycles. The van der Waals surface area contributed by atoms with E-state index in [2.05, 4.69) is 32.1 Å². The molecule has 182 valence electrons. The molecule has 3 fully saturated rings. The first-order valence-corrected chi connectivity index (χ1v) is 12.2. The summed E-state index contributed by atoms with van der Waals surface area (Å²) < 4.78 is 34.6. The molecule has 2 aliphatic heterocycles. The number of hydrogen-bond donors (Lipinski definition) is 1. The maximum Gasteiger partial charge on any atom is 0.167 e. The maximum atomic E-state index is 14.1. The van der Waals surface area contributed by atoms with Gasteiger partial charge in [-0.1, -0.05) is 43.2 Å². The first-order valence-electron chi connectivity index (χ1n) is 12.2. The number of nitrogens with zero attached hydrogens (tertiary/aromatic N) is 4. The molecule has 1 aromatic carbocycles. The fourth-order valence-corrected chi connectivity index (χ4v) is 5.21. The number of halogens is 1. The van der Waals surface area contributed by atoms with Crippen molar-refractivity contribution in [1.82, 2.24) is 19.5 Å². The largest absolute Gasteiger partial charge is 0.365 e. The SMILES string of the molecule is CC1(C)O[C@@H]2[C@H](O1)[C@@H](C#Cc1ccccc1F)O[C@H]2n1cnc2c(NC3CCCCC3)ncnc21. The summed E-state index contributed by atoms with van der Waals surface area (Å²) in [6.45, 7) is 3.73. The Labute approximate surface area is 203 Å². The van der Waals surface area contributed by atoms with Crippen molar-refractivity contribution in [3.05, 3.63) is 48.3 Å². The molecule has 4 heterocycles. The lowest BCUT2D eigenvalue weighted by Crippen LogP contribution is -2.28. The number of rotatable bonds is 3. The van der Waals surface area contributed by atoms with Gasteiger partial charge in [0, 0.05) is 6.04 Å². The Balaban J connectivity index is 1.31. The summed E-state index contributed by atoms with van der Waals surface area (Å²) in [6.07, 6.45) is 7.22. The van der Waals surface area contributed by atoms with Crippen LogP contribution < -0.4 is 5.32 Å². The lowest BCUT2D eigenvalue weighted by atomic mass is 9.95. The Morgan fingerprint density at radius 1 is 1.06 bits per heavy atom. The Hall–Kier alpha value is -3.06. The standard InChI is InChI=1S/C26H28FN5O3/c1-26(2)34-21-19(13-12-16-8-6-7-11-18(16)27)33-25(22(21)35-26)32-15-30-20-23(28-14-29-24(20)32)31-17-9-4-3-5-10-17/h6-8,11,14-15,17,19,21-22,25H,3-5,9-10H2,1-2H3,(H,28,29,31)/t19-,21-,22-,25-/m1/s1. The maximum absolute atomic E-state index is 14.1. The molecule has 6 rings (SSSR count). The van der Waals surface area contributed by atoms with Crippen molar-refractivity contribution in [2.75, 3.05) is 5.32 Å². The van der Waals surface area contributed by atoms with Crippen LogP contribution in [0.25, 0.3) is 11.2 Å². The molecule has 4 atom stereocenters. The average Bonchev–Trinajstić information content (AvgIpc) is 3.51. The van der Waals surface area contributed by atoms with Gasteiger partial charge in [-0.05, 0) is 38.8 Å². The van der Waals surface area contributed by atoms with E-state index in [0.717, 1.165) is 18.7 Å². The molecule has 2 aromatic heterocycles. The molecule has 0 radical (unpaired) electrons. The Morgan fingerprint density at radius 2 is 1.86 bits per heavy atom. The minimum atomic E-state index is -0.797. The number of fused-ring (bicyclic) bond motifs is 2. The van der Waals surface area contributed by atoms with E-state index < -0.39 is 30.3 Å². The minimum Gasteiger partial charge on any atom is -0.365 e. The molecule has 0 amide bonds. The Morgan fingerprint density at radius 3 is 2.69 bits per heavy atom. The third-order valence-electron chi connectivity index (χ3n) is 6.83. The molecule has 0 spiro atoms. The highest BCUT2D eigenvalue weighted by atomic mass is 19.1. The van der Waals surface area contributed by atoms with Crippen LogP contribution in [-0.2, 0) is 14.2 Å². The van der Waals surface area contributed by atoms with E-state index >= 15 is 0 Å². The second-order valence-electron chi connectivity index (χ2n) is 9.79. The highest BCUT2D eigenvalue weighted by Gasteiger charge is 2.56. The lowest BCUT2D eigenvalue weighted by Gasteiger charge is -2.24. The minimum absolute atomic E-state index is 0.313. The van der Waals surface area contributed by atoms with Gasteiger partial charge in [-0.15, -0.1) is 0 Å². The molecule has 35 heavy (non-hydrogen) atoms. The summed E-state index contributed by atoms with van der Waals surface area (Å²) >= 11 is 0. The molecule has 1 N–H and O–H groups in total. The van der Waals surface area contributed by atoms with Crippen LogP contribution in [-0.4, -0.2) is 49.7 Å². The predicted octanol–water partition coefficient (Wildman–Crippen LogP) is 4.18. The van der Waals surface area contributed by atoms with E-state index in [4.69, 9.17) is 14.2 Å². The van der Waals surface area contributed by atoms with Gasteiger partial charge in [-0.2, -0.15) is 0 Å².